The molecule has 86 valence electrons. The summed E-state index contributed by atoms with van der Waals surface area (Å²) < 4.78 is 1.08. The molecule has 2 N–H and O–H groups in total. The van der Waals surface area contributed by atoms with Crippen molar-refractivity contribution in [2.75, 3.05) is 5.73 Å². The molecule has 0 bridgehead atoms. The number of nitrogen functional groups attached to an aromatic ring is 1. The maximum atomic E-state index is 5.92. The van der Waals surface area contributed by atoms with E-state index < -0.39 is 0 Å². The number of halogens is 1. The topological polar surface area (TPSA) is 26.0 Å². The molecule has 0 aliphatic heterocycles. The average molecular weight is 288 g/mol. The molecule has 0 fully saturated rings. The second kappa shape index (κ2) is 5.19. The number of rotatable bonds is 3. The predicted molar refractivity (Wildman–Crippen MR) is 77.7 cm³/mol. The van der Waals surface area contributed by atoms with Crippen LogP contribution in [0.3, 0.4) is 0 Å². The van der Waals surface area contributed by atoms with Crippen LogP contribution in [0, 0.1) is 0 Å². The Morgan fingerprint density at radius 1 is 1.06 bits per heavy atom. The van der Waals surface area contributed by atoms with E-state index in [-0.39, 0.29) is 0 Å². The van der Waals surface area contributed by atoms with E-state index in [4.69, 9.17) is 5.73 Å². The van der Waals surface area contributed by atoms with E-state index in [1.54, 1.807) is 0 Å². The van der Waals surface area contributed by atoms with Gasteiger partial charge in [0.05, 0.1) is 0 Å². The number of benzene rings is 2. The van der Waals surface area contributed by atoms with E-state index in [1.807, 2.05) is 36.4 Å². The molecule has 17 heavy (non-hydrogen) atoms. The number of anilines is 1. The van der Waals surface area contributed by atoms with Crippen molar-refractivity contribution in [3.8, 4) is 0 Å². The molecule has 0 saturated carbocycles. The van der Waals surface area contributed by atoms with Gasteiger partial charge in [-0.3, -0.25) is 0 Å². The van der Waals surface area contributed by atoms with Crippen molar-refractivity contribution >= 4 is 27.2 Å². The van der Waals surface area contributed by atoms with E-state index in [1.165, 1.54) is 0 Å². The minimum Gasteiger partial charge on any atom is -0.398 e. The van der Waals surface area contributed by atoms with E-state index >= 15 is 0 Å². The molecule has 0 aromatic heterocycles. The molecule has 0 heterocycles. The Morgan fingerprint density at radius 2 is 1.71 bits per heavy atom. The van der Waals surface area contributed by atoms with E-state index in [0.717, 1.165) is 33.3 Å². The fourth-order valence-corrected chi connectivity index (χ4v) is 1.98. The Morgan fingerprint density at radius 3 is 2.35 bits per heavy atom. The van der Waals surface area contributed by atoms with Gasteiger partial charge in [0.25, 0.3) is 0 Å². The van der Waals surface area contributed by atoms with Crippen LogP contribution < -0.4 is 5.73 Å². The van der Waals surface area contributed by atoms with Crippen LogP contribution in [-0.2, 0) is 6.42 Å². The average Bonchev–Trinajstić information content (AvgIpc) is 2.33. The Labute approximate surface area is 110 Å². The highest BCUT2D eigenvalue weighted by Crippen LogP contribution is 2.22. The minimum atomic E-state index is 0.786. The quantitative estimate of drug-likeness (QED) is 0.838. The van der Waals surface area contributed by atoms with Crippen LogP contribution >= 0.6 is 15.9 Å². The zero-order chi connectivity index (χ0) is 12.3. The fraction of sp³-hybridized carbons (Fsp3) is 0.0667. The molecule has 0 unspecified atom stereocenters. The summed E-state index contributed by atoms with van der Waals surface area (Å²) in [6, 6.07) is 16.1. The lowest BCUT2D eigenvalue weighted by Crippen LogP contribution is -1.95. The molecule has 0 saturated heterocycles. The minimum absolute atomic E-state index is 0.786. The van der Waals surface area contributed by atoms with Crippen molar-refractivity contribution in [2.24, 2.45) is 0 Å². The van der Waals surface area contributed by atoms with Gasteiger partial charge in [0.2, 0.25) is 0 Å². The monoisotopic (exact) mass is 287 g/mol. The Balaban J connectivity index is 2.17. The van der Waals surface area contributed by atoms with Crippen LogP contribution in [0.4, 0.5) is 5.69 Å². The predicted octanol–water partition coefficient (Wildman–Crippen LogP) is 4.29. The zero-order valence-electron chi connectivity index (χ0n) is 9.49. The van der Waals surface area contributed by atoms with Crippen molar-refractivity contribution in [2.45, 2.75) is 6.42 Å². The van der Waals surface area contributed by atoms with Gasteiger partial charge in [-0.2, -0.15) is 0 Å². The third-order valence-electron chi connectivity index (χ3n) is 2.71. The Hall–Kier alpha value is -1.54. The highest BCUT2D eigenvalue weighted by molar-refractivity contribution is 9.10. The molecule has 0 aliphatic rings. The van der Waals surface area contributed by atoms with Crippen LogP contribution in [0.2, 0.25) is 0 Å². The van der Waals surface area contributed by atoms with Gasteiger partial charge in [-0.15, -0.1) is 0 Å². The second-order valence-electron chi connectivity index (χ2n) is 3.99. The van der Waals surface area contributed by atoms with Gasteiger partial charge in [-0.05, 0) is 41.3 Å². The number of nitrogens with two attached hydrogens (primary N) is 1. The van der Waals surface area contributed by atoms with Gasteiger partial charge in [0.1, 0.15) is 0 Å². The molecule has 0 atom stereocenters. The second-order valence-corrected chi connectivity index (χ2v) is 4.90. The van der Waals surface area contributed by atoms with Crippen LogP contribution in [0.25, 0.3) is 5.57 Å². The summed E-state index contributed by atoms with van der Waals surface area (Å²) in [7, 11) is 0. The van der Waals surface area contributed by atoms with Crippen molar-refractivity contribution in [3.63, 3.8) is 0 Å². The summed E-state index contributed by atoms with van der Waals surface area (Å²) in [5, 5.41) is 0. The zero-order valence-corrected chi connectivity index (χ0v) is 11.1. The Bertz CT molecular complexity index is 529. The summed E-state index contributed by atoms with van der Waals surface area (Å²) in [6.45, 7) is 4.12. The van der Waals surface area contributed by atoms with Gasteiger partial charge in [0.15, 0.2) is 0 Å². The SMILES string of the molecule is C=C(Cc1ccccc1N)c1ccc(Br)cc1. The van der Waals surface area contributed by atoms with Gasteiger partial charge in [-0.25, -0.2) is 0 Å². The molecule has 0 aliphatic carbocycles. The molecule has 2 aromatic carbocycles. The first-order valence-electron chi connectivity index (χ1n) is 5.44. The standard InChI is InChI=1S/C15H14BrN/c1-11(12-6-8-14(16)9-7-12)10-13-4-2-3-5-15(13)17/h2-9H,1,10,17H2. The third-order valence-corrected chi connectivity index (χ3v) is 3.24. The van der Waals surface area contributed by atoms with Crippen molar-refractivity contribution in [1.29, 1.82) is 0 Å². The summed E-state index contributed by atoms with van der Waals surface area (Å²) in [5.74, 6) is 0. The highest BCUT2D eigenvalue weighted by atomic mass is 79.9. The van der Waals surface area contributed by atoms with Crippen LogP contribution in [0.15, 0.2) is 59.6 Å². The van der Waals surface area contributed by atoms with Crippen LogP contribution in [-0.4, -0.2) is 0 Å². The first kappa shape index (κ1) is 11.9. The summed E-state index contributed by atoms with van der Waals surface area (Å²) in [4.78, 5) is 0. The lowest BCUT2D eigenvalue weighted by Gasteiger charge is -2.08. The molecule has 1 nitrogen and oxygen atoms in total. The summed E-state index contributed by atoms with van der Waals surface area (Å²) >= 11 is 3.42. The molecule has 0 amide bonds. The lowest BCUT2D eigenvalue weighted by molar-refractivity contribution is 1.29. The van der Waals surface area contributed by atoms with Gasteiger partial charge >= 0.3 is 0 Å². The smallest absolute Gasteiger partial charge is 0.0349 e. The van der Waals surface area contributed by atoms with Crippen LogP contribution in [0.1, 0.15) is 11.1 Å². The number of hydrogen-bond donors (Lipinski definition) is 1. The molecular formula is C15H14BrN. The summed E-state index contributed by atoms with van der Waals surface area (Å²) in [5.41, 5.74) is 10.1. The lowest BCUT2D eigenvalue weighted by atomic mass is 9.99. The maximum absolute atomic E-state index is 5.92. The largest absolute Gasteiger partial charge is 0.398 e. The van der Waals surface area contributed by atoms with Gasteiger partial charge < -0.3 is 5.73 Å². The third kappa shape index (κ3) is 2.98. The molecule has 2 aromatic rings. The first-order valence-corrected chi connectivity index (χ1v) is 6.23. The van der Waals surface area contributed by atoms with Crippen molar-refractivity contribution in [1.82, 2.24) is 0 Å². The van der Waals surface area contributed by atoms with E-state index in [9.17, 15) is 0 Å². The first-order chi connectivity index (χ1) is 8.16. The van der Waals surface area contributed by atoms with Gasteiger partial charge in [-0.1, -0.05) is 52.8 Å². The summed E-state index contributed by atoms with van der Waals surface area (Å²) in [6.07, 6.45) is 0.786. The molecule has 2 heteroatoms. The molecule has 2 rings (SSSR count). The highest BCUT2D eigenvalue weighted by Gasteiger charge is 2.03. The number of para-hydroxylation sites is 1. The van der Waals surface area contributed by atoms with Gasteiger partial charge in [0, 0.05) is 10.2 Å². The van der Waals surface area contributed by atoms with Crippen molar-refractivity contribution in [3.05, 3.63) is 70.7 Å². The fourth-order valence-electron chi connectivity index (χ4n) is 1.71. The Kier molecular flexibility index (Phi) is 3.64. The van der Waals surface area contributed by atoms with Crippen LogP contribution in [0.5, 0.6) is 0 Å². The maximum Gasteiger partial charge on any atom is 0.0349 e. The van der Waals surface area contributed by atoms with E-state index in [2.05, 4.69) is 34.6 Å². The number of allylic oxidation sites excluding steroid dienone is 1. The molecular weight excluding hydrogens is 274 g/mol. The normalized spacial score (nSPS) is 10.2. The molecule has 0 spiro atoms. The molecule has 0 radical (unpaired) electrons. The number of hydrogen-bond acceptors (Lipinski definition) is 1. The van der Waals surface area contributed by atoms with Crippen molar-refractivity contribution < 1.29 is 0 Å². The van der Waals surface area contributed by atoms with E-state index in [0.29, 0.717) is 0 Å².